The lowest BCUT2D eigenvalue weighted by atomic mass is 9.97. The van der Waals surface area contributed by atoms with Crippen molar-refractivity contribution in [1.82, 2.24) is 19.2 Å². The summed E-state index contributed by atoms with van der Waals surface area (Å²) in [6.45, 7) is 0.870. The molecule has 3 aromatic rings. The highest BCUT2D eigenvalue weighted by molar-refractivity contribution is 5.90. The second-order valence-corrected chi connectivity index (χ2v) is 6.92. The highest BCUT2D eigenvalue weighted by atomic mass is 19.1. The number of carbonyl (C=O) groups excluding carboxylic acids is 1. The van der Waals surface area contributed by atoms with E-state index in [9.17, 15) is 23.9 Å². The molecule has 1 amide bonds. The lowest BCUT2D eigenvalue weighted by Gasteiger charge is -2.19. The topological polar surface area (TPSA) is 128 Å². The highest BCUT2D eigenvalue weighted by Gasteiger charge is 2.23. The minimum absolute atomic E-state index is 0.0806. The summed E-state index contributed by atoms with van der Waals surface area (Å²) in [6.07, 6.45) is 3.56. The number of pyridine rings is 1. The summed E-state index contributed by atoms with van der Waals surface area (Å²) in [7, 11) is 0. The summed E-state index contributed by atoms with van der Waals surface area (Å²) < 4.78 is 20.7. The van der Waals surface area contributed by atoms with Gasteiger partial charge in [-0.05, 0) is 25.0 Å². The monoisotopic (exact) mass is 415 g/mol. The van der Waals surface area contributed by atoms with Crippen molar-refractivity contribution >= 4 is 23.3 Å². The molecule has 4 rings (SSSR count). The maximum Gasteiger partial charge on any atom is 0.342 e. The molecule has 30 heavy (non-hydrogen) atoms. The first-order chi connectivity index (χ1) is 14.4. The third kappa shape index (κ3) is 3.92. The quantitative estimate of drug-likeness (QED) is 0.642. The largest absolute Gasteiger partial charge is 0.477 e. The van der Waals surface area contributed by atoms with Gasteiger partial charge in [-0.3, -0.25) is 9.59 Å². The number of aromatic carboxylic acids is 1. The van der Waals surface area contributed by atoms with E-state index < -0.39 is 28.8 Å². The summed E-state index contributed by atoms with van der Waals surface area (Å²) in [4.78, 5) is 40.3. The fraction of sp³-hybridized carbons (Fsp3) is 0.316. The number of aromatic nitrogens is 4. The Hall–Kier alpha value is -3.60. The highest BCUT2D eigenvalue weighted by Crippen LogP contribution is 2.26. The van der Waals surface area contributed by atoms with Crippen LogP contribution in [0.3, 0.4) is 0 Å². The molecule has 10 nitrogen and oxygen atoms in total. The van der Waals surface area contributed by atoms with Crippen molar-refractivity contribution in [2.24, 2.45) is 0 Å². The number of hydrogen-bond acceptors (Lipinski definition) is 6. The van der Waals surface area contributed by atoms with E-state index in [4.69, 9.17) is 4.74 Å². The zero-order valence-corrected chi connectivity index (χ0v) is 15.7. The van der Waals surface area contributed by atoms with E-state index in [2.05, 4.69) is 15.4 Å². The van der Waals surface area contributed by atoms with Gasteiger partial charge in [-0.2, -0.15) is 9.61 Å². The van der Waals surface area contributed by atoms with Crippen LogP contribution in [0.1, 0.15) is 34.8 Å². The molecule has 4 heterocycles. The third-order valence-corrected chi connectivity index (χ3v) is 4.89. The summed E-state index contributed by atoms with van der Waals surface area (Å²) in [5.41, 5.74) is -0.328. The van der Waals surface area contributed by atoms with Gasteiger partial charge in [0.2, 0.25) is 5.91 Å². The van der Waals surface area contributed by atoms with Crippen LogP contribution in [0.25, 0.3) is 5.65 Å². The van der Waals surface area contributed by atoms with Gasteiger partial charge in [-0.1, -0.05) is 0 Å². The number of carbonyl (C=O) groups is 2. The van der Waals surface area contributed by atoms with E-state index >= 15 is 0 Å². The standard InChI is InChI=1S/C19H18FN5O5/c20-12-1-2-15(21-8-12)22-16(26)10-24-9-13(19(28)29)18(27)25-17(24)7-14(23-25)11-3-5-30-6-4-11/h1-2,7-9,11H,3-6,10H2,(H,28,29)(H,21,22,26). The van der Waals surface area contributed by atoms with Crippen LogP contribution >= 0.6 is 0 Å². The summed E-state index contributed by atoms with van der Waals surface area (Å²) in [6, 6.07) is 4.14. The van der Waals surface area contributed by atoms with Gasteiger partial charge in [0.1, 0.15) is 29.4 Å². The molecule has 0 unspecified atom stereocenters. The number of rotatable bonds is 5. The summed E-state index contributed by atoms with van der Waals surface area (Å²) >= 11 is 0. The van der Waals surface area contributed by atoms with E-state index in [1.54, 1.807) is 6.07 Å². The first-order valence-corrected chi connectivity index (χ1v) is 9.28. The summed E-state index contributed by atoms with van der Waals surface area (Å²) in [5, 5.41) is 16.2. The van der Waals surface area contributed by atoms with Crippen molar-refractivity contribution in [2.75, 3.05) is 18.5 Å². The maximum atomic E-state index is 13.0. The number of anilines is 1. The van der Waals surface area contributed by atoms with Crippen molar-refractivity contribution in [3.63, 3.8) is 0 Å². The van der Waals surface area contributed by atoms with Gasteiger partial charge in [-0.25, -0.2) is 14.2 Å². The maximum absolute atomic E-state index is 13.0. The fourth-order valence-corrected chi connectivity index (χ4v) is 3.39. The Labute approximate surface area is 168 Å². The Morgan fingerprint density at radius 1 is 1.30 bits per heavy atom. The van der Waals surface area contributed by atoms with E-state index in [1.165, 1.54) is 10.6 Å². The molecular weight excluding hydrogens is 397 g/mol. The van der Waals surface area contributed by atoms with E-state index in [0.29, 0.717) is 24.6 Å². The Kier molecular flexibility index (Phi) is 5.27. The Morgan fingerprint density at radius 2 is 2.07 bits per heavy atom. The van der Waals surface area contributed by atoms with Crippen molar-refractivity contribution in [2.45, 2.75) is 25.3 Å². The molecule has 0 saturated carbocycles. The molecule has 1 aliphatic heterocycles. The second-order valence-electron chi connectivity index (χ2n) is 6.92. The number of nitrogens with one attached hydrogen (secondary N) is 1. The number of ether oxygens (including phenoxy) is 1. The van der Waals surface area contributed by atoms with Crippen LogP contribution in [0.4, 0.5) is 10.2 Å². The molecule has 0 atom stereocenters. The second kappa shape index (κ2) is 8.03. The van der Waals surface area contributed by atoms with Gasteiger partial charge >= 0.3 is 5.97 Å². The normalized spacial score (nSPS) is 14.7. The Bertz CT molecular complexity index is 1160. The Balaban J connectivity index is 1.69. The number of hydrogen-bond donors (Lipinski definition) is 2. The molecule has 1 aliphatic rings. The SMILES string of the molecule is O=C(Cn1cc(C(=O)O)c(=O)n2nc(C3CCOCC3)cc12)Nc1ccc(F)cn1. The number of amides is 1. The van der Waals surface area contributed by atoms with Crippen molar-refractivity contribution in [3.8, 4) is 0 Å². The molecule has 0 radical (unpaired) electrons. The van der Waals surface area contributed by atoms with Gasteiger partial charge in [-0.15, -0.1) is 0 Å². The van der Waals surface area contributed by atoms with Crippen LogP contribution in [-0.4, -0.2) is 49.4 Å². The molecule has 156 valence electrons. The van der Waals surface area contributed by atoms with Crippen LogP contribution < -0.4 is 10.9 Å². The fourth-order valence-electron chi connectivity index (χ4n) is 3.39. The minimum Gasteiger partial charge on any atom is -0.477 e. The van der Waals surface area contributed by atoms with E-state index in [1.807, 2.05) is 0 Å². The summed E-state index contributed by atoms with van der Waals surface area (Å²) in [5.74, 6) is -2.25. The smallest absolute Gasteiger partial charge is 0.342 e. The van der Waals surface area contributed by atoms with Crippen molar-refractivity contribution in [1.29, 1.82) is 0 Å². The average Bonchev–Trinajstić information content (AvgIpc) is 3.18. The van der Waals surface area contributed by atoms with Gasteiger partial charge in [0.05, 0.1) is 11.9 Å². The number of nitrogens with zero attached hydrogens (tertiary/aromatic N) is 4. The van der Waals surface area contributed by atoms with Gasteiger partial charge in [0, 0.05) is 31.4 Å². The molecule has 3 aromatic heterocycles. The number of fused-ring (bicyclic) bond motifs is 1. The van der Waals surface area contributed by atoms with Crippen LogP contribution in [0.2, 0.25) is 0 Å². The molecular formula is C19H18FN5O5. The molecule has 0 bridgehead atoms. The molecule has 11 heteroatoms. The predicted octanol–water partition coefficient (Wildman–Crippen LogP) is 1.26. The van der Waals surface area contributed by atoms with Crippen LogP contribution in [0, 0.1) is 5.82 Å². The number of carboxylic acids is 1. The van der Waals surface area contributed by atoms with Gasteiger partial charge < -0.3 is 19.7 Å². The van der Waals surface area contributed by atoms with E-state index in [0.717, 1.165) is 35.8 Å². The molecule has 1 fully saturated rings. The zero-order valence-electron chi connectivity index (χ0n) is 15.7. The lowest BCUT2D eigenvalue weighted by Crippen LogP contribution is -2.28. The Morgan fingerprint density at radius 3 is 2.73 bits per heavy atom. The zero-order chi connectivity index (χ0) is 21.3. The van der Waals surface area contributed by atoms with Crippen LogP contribution in [0.15, 0.2) is 35.4 Å². The molecule has 0 aliphatic carbocycles. The van der Waals surface area contributed by atoms with Gasteiger partial charge in [0.15, 0.2) is 0 Å². The minimum atomic E-state index is -1.42. The first kappa shape index (κ1) is 19.7. The molecule has 2 N–H and O–H groups in total. The third-order valence-electron chi connectivity index (χ3n) is 4.89. The van der Waals surface area contributed by atoms with E-state index in [-0.39, 0.29) is 18.3 Å². The van der Waals surface area contributed by atoms with Crippen molar-refractivity contribution in [3.05, 3.63) is 58.0 Å². The lowest BCUT2D eigenvalue weighted by molar-refractivity contribution is -0.116. The first-order valence-electron chi connectivity index (χ1n) is 9.28. The molecule has 0 aromatic carbocycles. The average molecular weight is 415 g/mol. The molecule has 1 saturated heterocycles. The predicted molar refractivity (Wildman–Crippen MR) is 102 cm³/mol. The number of halogens is 1. The number of carboxylic acid groups (broad SMARTS) is 1. The van der Waals surface area contributed by atoms with Gasteiger partial charge in [0.25, 0.3) is 5.56 Å². The van der Waals surface area contributed by atoms with Crippen LogP contribution in [-0.2, 0) is 16.1 Å². The van der Waals surface area contributed by atoms with Crippen molar-refractivity contribution < 1.29 is 23.8 Å². The molecule has 0 spiro atoms. The van der Waals surface area contributed by atoms with Crippen LogP contribution in [0.5, 0.6) is 0 Å².